The van der Waals surface area contributed by atoms with Gasteiger partial charge >= 0.3 is 0 Å². The second-order valence-corrected chi connectivity index (χ2v) is 3.43. The van der Waals surface area contributed by atoms with E-state index in [1.807, 2.05) is 6.92 Å². The third-order valence-corrected chi connectivity index (χ3v) is 2.09. The molecule has 58 valence electrons. The summed E-state index contributed by atoms with van der Waals surface area (Å²) in [6.45, 7) is 4.08. The molecule has 1 heteroatoms. The van der Waals surface area contributed by atoms with Crippen LogP contribution in [0.3, 0.4) is 0 Å². The van der Waals surface area contributed by atoms with Crippen molar-refractivity contribution in [3.05, 3.63) is 23.8 Å². The molecule has 0 bridgehead atoms. The van der Waals surface area contributed by atoms with Crippen LogP contribution in [0.5, 0.6) is 0 Å². The minimum atomic E-state index is -0.172. The van der Waals surface area contributed by atoms with Gasteiger partial charge in [-0.15, -0.1) is 0 Å². The topological polar surface area (TPSA) is 23.8 Å². The number of hydrogen-bond donors (Lipinski definition) is 0. The lowest BCUT2D eigenvalue weighted by molar-refractivity contribution is 0.457. The van der Waals surface area contributed by atoms with E-state index in [0.717, 1.165) is 12.8 Å². The molecule has 0 heterocycles. The van der Waals surface area contributed by atoms with Crippen LogP contribution >= 0.6 is 0 Å². The molecule has 1 atom stereocenters. The summed E-state index contributed by atoms with van der Waals surface area (Å²) < 4.78 is 0. The third-order valence-electron chi connectivity index (χ3n) is 2.09. The molecule has 1 aliphatic carbocycles. The van der Waals surface area contributed by atoms with Gasteiger partial charge in [-0.25, -0.2) is 0 Å². The Bertz CT molecular complexity index is 242. The van der Waals surface area contributed by atoms with E-state index in [-0.39, 0.29) is 5.41 Å². The van der Waals surface area contributed by atoms with Gasteiger partial charge in [0, 0.05) is 0 Å². The summed E-state index contributed by atoms with van der Waals surface area (Å²) in [6, 6.07) is 2.35. The fourth-order valence-corrected chi connectivity index (χ4v) is 1.13. The van der Waals surface area contributed by atoms with E-state index < -0.39 is 0 Å². The first-order valence-corrected chi connectivity index (χ1v) is 3.91. The molecule has 0 N–H and O–H groups in total. The highest BCUT2D eigenvalue weighted by molar-refractivity contribution is 5.22. The van der Waals surface area contributed by atoms with Crippen molar-refractivity contribution in [1.29, 1.82) is 5.26 Å². The van der Waals surface area contributed by atoms with Gasteiger partial charge in [-0.1, -0.05) is 23.8 Å². The highest BCUT2D eigenvalue weighted by Gasteiger charge is 2.21. The summed E-state index contributed by atoms with van der Waals surface area (Å²) in [5.41, 5.74) is 1.10. The van der Waals surface area contributed by atoms with Crippen molar-refractivity contribution in [1.82, 2.24) is 0 Å². The van der Waals surface area contributed by atoms with Crippen molar-refractivity contribution in [3.63, 3.8) is 0 Å². The van der Waals surface area contributed by atoms with E-state index in [1.165, 1.54) is 5.57 Å². The van der Waals surface area contributed by atoms with Crippen molar-refractivity contribution < 1.29 is 0 Å². The molecule has 0 aromatic rings. The van der Waals surface area contributed by atoms with Gasteiger partial charge in [0.25, 0.3) is 0 Å². The summed E-state index contributed by atoms with van der Waals surface area (Å²) in [4.78, 5) is 0. The minimum absolute atomic E-state index is 0.172. The lowest BCUT2D eigenvalue weighted by Crippen LogP contribution is -2.10. The first kappa shape index (κ1) is 8.07. The van der Waals surface area contributed by atoms with Crippen LogP contribution in [0, 0.1) is 16.7 Å². The maximum absolute atomic E-state index is 8.85. The molecule has 1 nitrogen and oxygen atoms in total. The van der Waals surface area contributed by atoms with E-state index >= 15 is 0 Å². The maximum Gasteiger partial charge on any atom is 0.0693 e. The molecule has 0 fully saturated rings. The first-order chi connectivity index (χ1) is 5.16. The van der Waals surface area contributed by atoms with Gasteiger partial charge in [-0.3, -0.25) is 0 Å². The molecule has 1 rings (SSSR count). The second-order valence-electron chi connectivity index (χ2n) is 3.43. The summed E-state index contributed by atoms with van der Waals surface area (Å²) in [5.74, 6) is 0. The molecule has 0 radical (unpaired) electrons. The minimum Gasteiger partial charge on any atom is -0.198 e. The Labute approximate surface area is 68.0 Å². The number of hydrogen-bond acceptors (Lipinski definition) is 1. The Balaban J connectivity index is 2.81. The number of rotatable bonds is 0. The fourth-order valence-electron chi connectivity index (χ4n) is 1.13. The summed E-state index contributed by atoms with van der Waals surface area (Å²) in [6.07, 6.45) is 8.05. The van der Waals surface area contributed by atoms with E-state index in [2.05, 4.69) is 31.2 Å². The van der Waals surface area contributed by atoms with E-state index in [1.54, 1.807) is 0 Å². The van der Waals surface area contributed by atoms with Crippen molar-refractivity contribution in [2.45, 2.75) is 26.7 Å². The van der Waals surface area contributed by atoms with Crippen LogP contribution in [0.25, 0.3) is 0 Å². The van der Waals surface area contributed by atoms with Crippen molar-refractivity contribution in [2.24, 2.45) is 5.41 Å². The smallest absolute Gasteiger partial charge is 0.0693 e. The molecular weight excluding hydrogens is 134 g/mol. The van der Waals surface area contributed by atoms with Crippen molar-refractivity contribution in [3.8, 4) is 6.07 Å². The molecule has 1 unspecified atom stereocenters. The molecule has 0 aromatic heterocycles. The lowest BCUT2D eigenvalue weighted by atomic mass is 9.86. The number of nitriles is 1. The van der Waals surface area contributed by atoms with Gasteiger partial charge in [0.1, 0.15) is 0 Å². The van der Waals surface area contributed by atoms with Crippen molar-refractivity contribution >= 4 is 0 Å². The monoisotopic (exact) mass is 147 g/mol. The third kappa shape index (κ3) is 1.94. The van der Waals surface area contributed by atoms with Crippen LogP contribution in [0.15, 0.2) is 23.8 Å². The first-order valence-electron chi connectivity index (χ1n) is 3.91. The van der Waals surface area contributed by atoms with Crippen LogP contribution in [-0.2, 0) is 0 Å². The van der Waals surface area contributed by atoms with E-state index in [9.17, 15) is 0 Å². The van der Waals surface area contributed by atoms with Crippen molar-refractivity contribution in [2.75, 3.05) is 0 Å². The highest BCUT2D eigenvalue weighted by Crippen LogP contribution is 2.29. The molecule has 11 heavy (non-hydrogen) atoms. The Morgan fingerprint density at radius 1 is 1.55 bits per heavy atom. The van der Waals surface area contributed by atoms with E-state index in [4.69, 9.17) is 5.26 Å². The second kappa shape index (κ2) is 2.92. The predicted molar refractivity (Wildman–Crippen MR) is 45.9 cm³/mol. The van der Waals surface area contributed by atoms with E-state index in [0.29, 0.717) is 0 Å². The van der Waals surface area contributed by atoms with Gasteiger partial charge in [0.15, 0.2) is 0 Å². The zero-order chi connectivity index (χ0) is 8.32. The van der Waals surface area contributed by atoms with Gasteiger partial charge in [-0.2, -0.15) is 5.26 Å². The largest absolute Gasteiger partial charge is 0.198 e. The zero-order valence-corrected chi connectivity index (χ0v) is 7.09. The SMILES string of the molecule is CC1=CCC(C)(C#N)CC=C1. The standard InChI is InChI=1S/C10H13N/c1-9-4-3-6-10(2,8-11)7-5-9/h3-5H,6-7H2,1-2H3. The van der Waals surface area contributed by atoms with Gasteiger partial charge in [-0.05, 0) is 26.7 Å². The maximum atomic E-state index is 8.85. The normalized spacial score (nSPS) is 30.5. The van der Waals surface area contributed by atoms with Crippen LogP contribution in [-0.4, -0.2) is 0 Å². The van der Waals surface area contributed by atoms with Crippen LogP contribution in [0.1, 0.15) is 26.7 Å². The number of allylic oxidation sites excluding steroid dienone is 4. The Kier molecular flexibility index (Phi) is 2.14. The van der Waals surface area contributed by atoms with Gasteiger partial charge in [0.05, 0.1) is 11.5 Å². The summed E-state index contributed by atoms with van der Waals surface area (Å²) >= 11 is 0. The average Bonchev–Trinajstić information content (AvgIpc) is 2.15. The van der Waals surface area contributed by atoms with Gasteiger partial charge < -0.3 is 0 Å². The van der Waals surface area contributed by atoms with Gasteiger partial charge in [0.2, 0.25) is 0 Å². The summed E-state index contributed by atoms with van der Waals surface area (Å²) in [5, 5.41) is 8.85. The van der Waals surface area contributed by atoms with Crippen LogP contribution < -0.4 is 0 Å². The summed E-state index contributed by atoms with van der Waals surface area (Å²) in [7, 11) is 0. The lowest BCUT2D eigenvalue weighted by Gasteiger charge is -2.15. The predicted octanol–water partition coefficient (Wildman–Crippen LogP) is 2.81. The Morgan fingerprint density at radius 3 is 2.91 bits per heavy atom. The number of nitrogens with zero attached hydrogens (tertiary/aromatic N) is 1. The quantitative estimate of drug-likeness (QED) is 0.517. The molecule has 0 aliphatic heterocycles. The molecule has 0 saturated carbocycles. The highest BCUT2D eigenvalue weighted by atomic mass is 14.3. The molecule has 0 spiro atoms. The molecule has 0 amide bonds. The molecule has 0 aromatic carbocycles. The van der Waals surface area contributed by atoms with Crippen LogP contribution in [0.2, 0.25) is 0 Å². The Hall–Kier alpha value is -1.03. The fraction of sp³-hybridized carbons (Fsp3) is 0.500. The average molecular weight is 147 g/mol. The molecule has 1 aliphatic rings. The Morgan fingerprint density at radius 2 is 2.27 bits per heavy atom. The molecule has 0 saturated heterocycles. The molecular formula is C10H13N. The van der Waals surface area contributed by atoms with Crippen LogP contribution in [0.4, 0.5) is 0 Å². The zero-order valence-electron chi connectivity index (χ0n) is 7.09.